The Labute approximate surface area is 313 Å². The molecular weight excluding hydrogens is 731 g/mol. The fraction of sp³-hybridized carbons (Fsp3) is 0.216. The van der Waals surface area contributed by atoms with Crippen molar-refractivity contribution >= 4 is 92.7 Å². The molecule has 1 unspecified atom stereocenters. The number of esters is 1. The SMILES string of the molecule is CCOC(=O)c1c(NC(=O)C(C)Sc2cccc(NC(=O)/C(=C\c3cccc(Cl)c3Cl)NC(=O)c3ccccc3)c2)sc2c1CCN(C(C)=O)C2. The molecule has 0 aliphatic carbocycles. The summed E-state index contributed by atoms with van der Waals surface area (Å²) in [6.45, 7) is 5.97. The van der Waals surface area contributed by atoms with Crippen molar-refractivity contribution in [1.29, 1.82) is 0 Å². The molecule has 264 valence electrons. The van der Waals surface area contributed by atoms with Crippen molar-refractivity contribution in [1.82, 2.24) is 10.2 Å². The predicted molar refractivity (Wildman–Crippen MR) is 202 cm³/mol. The highest BCUT2D eigenvalue weighted by molar-refractivity contribution is 8.00. The topological polar surface area (TPSA) is 134 Å². The minimum absolute atomic E-state index is 0.0598. The molecule has 4 amide bonds. The molecule has 0 bridgehead atoms. The fourth-order valence-electron chi connectivity index (χ4n) is 5.23. The summed E-state index contributed by atoms with van der Waals surface area (Å²) in [7, 11) is 0. The number of thiophene rings is 1. The van der Waals surface area contributed by atoms with Crippen LogP contribution in [0.5, 0.6) is 0 Å². The monoisotopic (exact) mass is 764 g/mol. The number of hydrogen-bond acceptors (Lipinski definition) is 8. The molecule has 1 aliphatic heterocycles. The number of halogens is 2. The molecule has 4 aromatic rings. The molecule has 14 heteroatoms. The molecule has 10 nitrogen and oxygen atoms in total. The Morgan fingerprint density at radius 1 is 1.00 bits per heavy atom. The second kappa shape index (κ2) is 17.1. The first-order valence-corrected chi connectivity index (χ1v) is 18.4. The Hall–Kier alpha value is -4.62. The number of benzene rings is 3. The van der Waals surface area contributed by atoms with Gasteiger partial charge in [-0.05, 0) is 73.9 Å². The first-order valence-electron chi connectivity index (χ1n) is 15.9. The summed E-state index contributed by atoms with van der Waals surface area (Å²) in [5, 5.41) is 8.70. The van der Waals surface area contributed by atoms with Gasteiger partial charge in [0.05, 0.1) is 34.0 Å². The van der Waals surface area contributed by atoms with E-state index in [1.807, 2.05) is 0 Å². The van der Waals surface area contributed by atoms with Crippen LogP contribution in [-0.4, -0.2) is 52.9 Å². The second-order valence-corrected chi connectivity index (χ2v) is 14.7. The lowest BCUT2D eigenvalue weighted by Crippen LogP contribution is -2.34. The maximum absolute atomic E-state index is 13.6. The highest BCUT2D eigenvalue weighted by Gasteiger charge is 2.31. The Morgan fingerprint density at radius 2 is 1.75 bits per heavy atom. The van der Waals surface area contributed by atoms with E-state index in [0.29, 0.717) is 51.8 Å². The van der Waals surface area contributed by atoms with Crippen molar-refractivity contribution in [3.8, 4) is 0 Å². The van der Waals surface area contributed by atoms with Crippen molar-refractivity contribution in [2.24, 2.45) is 0 Å². The average molecular weight is 766 g/mol. The zero-order valence-electron chi connectivity index (χ0n) is 27.9. The van der Waals surface area contributed by atoms with Crippen molar-refractivity contribution in [3.63, 3.8) is 0 Å². The van der Waals surface area contributed by atoms with Crippen LogP contribution in [0.2, 0.25) is 10.0 Å². The maximum Gasteiger partial charge on any atom is 0.341 e. The van der Waals surface area contributed by atoms with E-state index in [0.717, 1.165) is 10.4 Å². The molecule has 5 rings (SSSR count). The molecule has 0 saturated carbocycles. The van der Waals surface area contributed by atoms with Gasteiger partial charge in [-0.1, -0.05) is 59.6 Å². The molecule has 0 radical (unpaired) electrons. The van der Waals surface area contributed by atoms with Gasteiger partial charge in [-0.15, -0.1) is 23.1 Å². The average Bonchev–Trinajstić information content (AvgIpc) is 3.47. The van der Waals surface area contributed by atoms with Crippen LogP contribution in [0.4, 0.5) is 10.7 Å². The van der Waals surface area contributed by atoms with E-state index in [1.165, 1.54) is 36.1 Å². The van der Waals surface area contributed by atoms with Gasteiger partial charge < -0.3 is 25.6 Å². The third kappa shape index (κ3) is 9.39. The number of amides is 4. The van der Waals surface area contributed by atoms with E-state index in [-0.39, 0.29) is 34.2 Å². The first-order chi connectivity index (χ1) is 24.4. The van der Waals surface area contributed by atoms with Crippen LogP contribution in [0.15, 0.2) is 83.4 Å². The molecule has 51 heavy (non-hydrogen) atoms. The molecule has 3 N–H and O–H groups in total. The van der Waals surface area contributed by atoms with E-state index >= 15 is 0 Å². The summed E-state index contributed by atoms with van der Waals surface area (Å²) in [6.07, 6.45) is 1.93. The standard InChI is InChI=1S/C37H34Cl2N4O6S2/c1-4-49-37(48)31-27-16-17-43(22(3)44)20-30(27)51-36(31)42-33(45)21(2)50-26-14-9-13-25(19-26)40-35(47)29(18-24-12-8-15-28(38)32(24)39)41-34(46)23-10-6-5-7-11-23/h5-15,18-19,21H,4,16-17,20H2,1-3H3,(H,40,47)(H,41,46)(H,42,45)/b29-18+. The summed E-state index contributed by atoms with van der Waals surface area (Å²) in [5.41, 5.74) is 2.26. The number of ether oxygens (including phenoxy) is 1. The molecule has 0 fully saturated rings. The largest absolute Gasteiger partial charge is 0.462 e. The number of rotatable bonds is 11. The number of hydrogen-bond donors (Lipinski definition) is 3. The van der Waals surface area contributed by atoms with Gasteiger partial charge in [0.25, 0.3) is 11.8 Å². The normalized spacial score (nSPS) is 13.1. The number of carbonyl (C=O) groups is 5. The molecular formula is C37H34Cl2N4O6S2. The Morgan fingerprint density at radius 3 is 2.47 bits per heavy atom. The van der Waals surface area contributed by atoms with Crippen LogP contribution in [0.1, 0.15) is 57.5 Å². The van der Waals surface area contributed by atoms with Gasteiger partial charge in [-0.3, -0.25) is 19.2 Å². The Kier molecular flexibility index (Phi) is 12.6. The van der Waals surface area contributed by atoms with Crippen LogP contribution in [-0.2, 0) is 32.1 Å². The highest BCUT2D eigenvalue weighted by atomic mass is 35.5. The summed E-state index contributed by atoms with van der Waals surface area (Å²) >= 11 is 15.1. The summed E-state index contributed by atoms with van der Waals surface area (Å²) in [5.74, 6) is -2.02. The van der Waals surface area contributed by atoms with Crippen molar-refractivity contribution in [2.75, 3.05) is 23.8 Å². The summed E-state index contributed by atoms with van der Waals surface area (Å²) in [6, 6.07) is 20.3. The van der Waals surface area contributed by atoms with Crippen LogP contribution >= 0.6 is 46.3 Å². The minimum Gasteiger partial charge on any atom is -0.462 e. The molecule has 1 aromatic heterocycles. The number of nitrogens with zero attached hydrogens (tertiary/aromatic N) is 1. The molecule has 0 saturated heterocycles. The van der Waals surface area contributed by atoms with Gasteiger partial charge in [0, 0.05) is 34.5 Å². The third-order valence-electron chi connectivity index (χ3n) is 7.80. The molecule has 2 heterocycles. The van der Waals surface area contributed by atoms with Gasteiger partial charge in [0.1, 0.15) is 10.7 Å². The number of thioether (sulfide) groups is 1. The van der Waals surface area contributed by atoms with Crippen LogP contribution in [0, 0.1) is 0 Å². The van der Waals surface area contributed by atoms with Gasteiger partial charge in [-0.2, -0.15) is 0 Å². The summed E-state index contributed by atoms with van der Waals surface area (Å²) < 4.78 is 5.31. The van der Waals surface area contributed by atoms with Gasteiger partial charge in [-0.25, -0.2) is 4.79 Å². The lowest BCUT2D eigenvalue weighted by atomic mass is 10.0. The first kappa shape index (κ1) is 37.6. The quantitative estimate of drug-likeness (QED) is 0.0811. The number of nitrogens with one attached hydrogen (secondary N) is 3. The van der Waals surface area contributed by atoms with Crippen LogP contribution in [0.3, 0.4) is 0 Å². The predicted octanol–water partition coefficient (Wildman–Crippen LogP) is 7.67. The fourth-order valence-corrected chi connectivity index (χ4v) is 7.77. The third-order valence-corrected chi connectivity index (χ3v) is 10.9. The molecule has 3 aromatic carbocycles. The van der Waals surface area contributed by atoms with Crippen molar-refractivity contribution in [2.45, 2.75) is 43.9 Å². The highest BCUT2D eigenvalue weighted by Crippen LogP contribution is 2.38. The van der Waals surface area contributed by atoms with Crippen LogP contribution < -0.4 is 16.0 Å². The smallest absolute Gasteiger partial charge is 0.341 e. The van der Waals surface area contributed by atoms with E-state index in [1.54, 1.807) is 91.5 Å². The lowest BCUT2D eigenvalue weighted by molar-refractivity contribution is -0.129. The molecule has 1 atom stereocenters. The maximum atomic E-state index is 13.6. The van der Waals surface area contributed by atoms with E-state index < -0.39 is 23.0 Å². The Balaban J connectivity index is 1.31. The number of carbonyl (C=O) groups excluding carboxylic acids is 5. The van der Waals surface area contributed by atoms with Crippen molar-refractivity contribution < 1.29 is 28.7 Å². The van der Waals surface area contributed by atoms with Gasteiger partial charge in [0.2, 0.25) is 11.8 Å². The minimum atomic E-state index is -0.611. The second-order valence-electron chi connectivity index (χ2n) is 11.4. The zero-order valence-corrected chi connectivity index (χ0v) is 31.0. The van der Waals surface area contributed by atoms with Gasteiger partial charge >= 0.3 is 5.97 Å². The number of fused-ring (bicyclic) bond motifs is 1. The van der Waals surface area contributed by atoms with Crippen molar-refractivity contribution in [3.05, 3.63) is 116 Å². The molecule has 1 aliphatic rings. The van der Waals surface area contributed by atoms with Gasteiger partial charge in [0.15, 0.2) is 0 Å². The number of anilines is 2. The molecule has 0 spiro atoms. The zero-order chi connectivity index (χ0) is 36.7. The van der Waals surface area contributed by atoms with E-state index in [2.05, 4.69) is 16.0 Å². The van der Waals surface area contributed by atoms with E-state index in [4.69, 9.17) is 27.9 Å². The summed E-state index contributed by atoms with van der Waals surface area (Å²) in [4.78, 5) is 68.3. The Bertz CT molecular complexity index is 2020. The van der Waals surface area contributed by atoms with Crippen LogP contribution in [0.25, 0.3) is 6.08 Å². The van der Waals surface area contributed by atoms with E-state index in [9.17, 15) is 24.0 Å². The lowest BCUT2D eigenvalue weighted by Gasteiger charge is -2.25.